The second-order valence-corrected chi connectivity index (χ2v) is 9.47. The van der Waals surface area contributed by atoms with Crippen molar-refractivity contribution in [1.82, 2.24) is 19.4 Å². The van der Waals surface area contributed by atoms with Crippen molar-refractivity contribution in [1.29, 1.82) is 0 Å². The van der Waals surface area contributed by atoms with E-state index in [9.17, 15) is 14.0 Å². The van der Waals surface area contributed by atoms with Crippen LogP contribution in [0.25, 0.3) is 16.6 Å². The van der Waals surface area contributed by atoms with E-state index in [4.69, 9.17) is 14.5 Å². The fourth-order valence-electron chi connectivity index (χ4n) is 4.09. The van der Waals surface area contributed by atoms with Crippen molar-refractivity contribution >= 4 is 17.0 Å². The highest BCUT2D eigenvalue weighted by Crippen LogP contribution is 2.26. The summed E-state index contributed by atoms with van der Waals surface area (Å²) in [4.78, 5) is 34.6. The summed E-state index contributed by atoms with van der Waals surface area (Å²) in [5, 5.41) is 0.470. The summed E-state index contributed by atoms with van der Waals surface area (Å²) in [6.07, 6.45) is -0.328. The lowest BCUT2D eigenvalue weighted by molar-refractivity contribution is 0.0136. The summed E-state index contributed by atoms with van der Waals surface area (Å²) >= 11 is 0. The van der Waals surface area contributed by atoms with Crippen LogP contribution in [0.15, 0.2) is 47.3 Å². The van der Waals surface area contributed by atoms with Crippen LogP contribution in [-0.2, 0) is 11.3 Å². The number of carbonyl (C=O) groups excluding carboxylic acids is 1. The molecule has 0 atom stereocenters. The van der Waals surface area contributed by atoms with Crippen LogP contribution in [0.5, 0.6) is 5.75 Å². The fourth-order valence-corrected chi connectivity index (χ4v) is 4.09. The molecular formula is C26H31FN4O4. The number of amides is 1. The van der Waals surface area contributed by atoms with Crippen LogP contribution in [-0.4, -0.2) is 63.8 Å². The molecular weight excluding hydrogens is 451 g/mol. The maximum Gasteiger partial charge on any atom is 0.410 e. The number of rotatable bonds is 5. The number of para-hydroxylation sites is 1. The van der Waals surface area contributed by atoms with Crippen LogP contribution >= 0.6 is 0 Å². The number of aromatic nitrogens is 2. The van der Waals surface area contributed by atoms with E-state index in [2.05, 4.69) is 4.90 Å². The first-order valence-electron chi connectivity index (χ1n) is 11.8. The molecule has 1 amide bonds. The molecule has 0 unspecified atom stereocenters. The van der Waals surface area contributed by atoms with Gasteiger partial charge in [-0.3, -0.25) is 14.3 Å². The summed E-state index contributed by atoms with van der Waals surface area (Å²) in [5.74, 6) is 0.355. The third-order valence-electron chi connectivity index (χ3n) is 5.70. The van der Waals surface area contributed by atoms with E-state index in [0.29, 0.717) is 61.7 Å². The van der Waals surface area contributed by atoms with Gasteiger partial charge in [-0.05, 0) is 52.0 Å². The quantitative estimate of drug-likeness (QED) is 0.548. The van der Waals surface area contributed by atoms with E-state index in [1.54, 1.807) is 36.1 Å². The first kappa shape index (κ1) is 24.7. The minimum atomic E-state index is -0.549. The average molecular weight is 483 g/mol. The van der Waals surface area contributed by atoms with Crippen molar-refractivity contribution in [2.24, 2.45) is 0 Å². The molecule has 0 aliphatic carbocycles. The van der Waals surface area contributed by atoms with Gasteiger partial charge in [0.1, 0.15) is 23.0 Å². The molecule has 1 aliphatic rings. The van der Waals surface area contributed by atoms with Crippen molar-refractivity contribution in [2.75, 3.05) is 32.8 Å². The third kappa shape index (κ3) is 5.62. The zero-order chi connectivity index (χ0) is 25.2. The lowest BCUT2D eigenvalue weighted by Crippen LogP contribution is -2.50. The molecule has 0 radical (unpaired) electrons. The molecule has 0 spiro atoms. The van der Waals surface area contributed by atoms with Gasteiger partial charge in [-0.2, -0.15) is 0 Å². The van der Waals surface area contributed by atoms with Gasteiger partial charge in [-0.15, -0.1) is 0 Å². The van der Waals surface area contributed by atoms with E-state index in [0.717, 1.165) is 0 Å². The van der Waals surface area contributed by atoms with Gasteiger partial charge in [-0.25, -0.2) is 14.2 Å². The molecule has 0 N–H and O–H groups in total. The number of piperazine rings is 1. The average Bonchev–Trinajstić information content (AvgIpc) is 2.80. The van der Waals surface area contributed by atoms with Gasteiger partial charge >= 0.3 is 6.09 Å². The minimum Gasteiger partial charge on any atom is -0.492 e. The van der Waals surface area contributed by atoms with Crippen LogP contribution in [0.2, 0.25) is 0 Å². The second-order valence-electron chi connectivity index (χ2n) is 9.47. The van der Waals surface area contributed by atoms with Gasteiger partial charge in [0.15, 0.2) is 0 Å². The highest BCUT2D eigenvalue weighted by Gasteiger charge is 2.27. The Morgan fingerprint density at radius 2 is 1.80 bits per heavy atom. The Morgan fingerprint density at radius 1 is 1.09 bits per heavy atom. The molecule has 1 saturated heterocycles. The minimum absolute atomic E-state index is 0.245. The van der Waals surface area contributed by atoms with Crippen molar-refractivity contribution in [3.05, 3.63) is 64.5 Å². The summed E-state index contributed by atoms with van der Waals surface area (Å²) in [5.41, 5.74) is 0.243. The molecule has 3 aromatic rings. The molecule has 4 rings (SSSR count). The first-order chi connectivity index (χ1) is 16.7. The van der Waals surface area contributed by atoms with Crippen molar-refractivity contribution in [2.45, 2.75) is 39.8 Å². The van der Waals surface area contributed by atoms with Gasteiger partial charge in [0.05, 0.1) is 29.7 Å². The Kier molecular flexibility index (Phi) is 7.07. The second kappa shape index (κ2) is 10.0. The Bertz CT molecular complexity index is 1280. The van der Waals surface area contributed by atoms with E-state index in [-0.39, 0.29) is 17.4 Å². The monoisotopic (exact) mass is 482 g/mol. The van der Waals surface area contributed by atoms with Crippen molar-refractivity contribution < 1.29 is 18.7 Å². The van der Waals surface area contributed by atoms with Crippen LogP contribution in [0.1, 0.15) is 33.5 Å². The summed E-state index contributed by atoms with van der Waals surface area (Å²) in [6.45, 7) is 10.3. The number of nitrogens with zero attached hydrogens (tertiary/aromatic N) is 4. The Morgan fingerprint density at radius 3 is 2.49 bits per heavy atom. The van der Waals surface area contributed by atoms with Crippen molar-refractivity contribution in [3.8, 4) is 11.4 Å². The number of hydrogen-bond acceptors (Lipinski definition) is 6. The molecule has 1 aromatic heterocycles. The molecule has 1 fully saturated rings. The van der Waals surface area contributed by atoms with Gasteiger partial charge < -0.3 is 14.4 Å². The number of hydrogen-bond donors (Lipinski definition) is 0. The standard InChI is InChI=1S/C26H31FN4O4/c1-5-34-22-16-18(27)10-11-21(22)31-23(28-20-9-7-6-8-19(20)24(31)32)17-29-12-14-30(15-13-29)25(33)35-26(2,3)4/h6-11,16H,5,12-15,17H2,1-4H3. The molecule has 8 nitrogen and oxygen atoms in total. The van der Waals surface area contributed by atoms with E-state index in [1.165, 1.54) is 16.7 Å². The van der Waals surface area contributed by atoms with Gasteiger partial charge in [-0.1, -0.05) is 12.1 Å². The van der Waals surface area contributed by atoms with E-state index >= 15 is 0 Å². The Labute approximate surface area is 203 Å². The number of benzene rings is 2. The van der Waals surface area contributed by atoms with Crippen LogP contribution in [0.4, 0.5) is 9.18 Å². The topological polar surface area (TPSA) is 76.9 Å². The van der Waals surface area contributed by atoms with Crippen LogP contribution in [0.3, 0.4) is 0 Å². The highest BCUT2D eigenvalue weighted by atomic mass is 19.1. The number of fused-ring (bicyclic) bond motifs is 1. The lowest BCUT2D eigenvalue weighted by atomic mass is 10.2. The van der Waals surface area contributed by atoms with Gasteiger partial charge in [0.2, 0.25) is 0 Å². The highest BCUT2D eigenvalue weighted by molar-refractivity contribution is 5.78. The zero-order valence-electron chi connectivity index (χ0n) is 20.6. The largest absolute Gasteiger partial charge is 0.492 e. The zero-order valence-corrected chi connectivity index (χ0v) is 20.6. The lowest BCUT2D eigenvalue weighted by Gasteiger charge is -2.35. The van der Waals surface area contributed by atoms with Crippen LogP contribution in [0, 0.1) is 5.82 Å². The van der Waals surface area contributed by atoms with E-state index in [1.807, 2.05) is 26.8 Å². The maximum absolute atomic E-state index is 14.0. The molecule has 35 heavy (non-hydrogen) atoms. The summed E-state index contributed by atoms with van der Waals surface area (Å²) in [6, 6.07) is 11.3. The number of halogens is 1. The molecule has 0 saturated carbocycles. The maximum atomic E-state index is 14.0. The fraction of sp³-hybridized carbons (Fsp3) is 0.423. The summed E-state index contributed by atoms with van der Waals surface area (Å²) in [7, 11) is 0. The van der Waals surface area contributed by atoms with Crippen LogP contribution < -0.4 is 10.3 Å². The smallest absolute Gasteiger partial charge is 0.410 e. The molecule has 9 heteroatoms. The molecule has 1 aliphatic heterocycles. The third-order valence-corrected chi connectivity index (χ3v) is 5.70. The first-order valence-corrected chi connectivity index (χ1v) is 11.8. The Balaban J connectivity index is 1.66. The molecule has 2 aromatic carbocycles. The summed E-state index contributed by atoms with van der Waals surface area (Å²) < 4.78 is 26.6. The molecule has 2 heterocycles. The number of carbonyl (C=O) groups is 1. The predicted molar refractivity (Wildman–Crippen MR) is 132 cm³/mol. The SMILES string of the molecule is CCOc1cc(F)ccc1-n1c(CN2CCN(C(=O)OC(C)(C)C)CC2)nc2ccccc2c1=O. The van der Waals surface area contributed by atoms with Crippen molar-refractivity contribution in [3.63, 3.8) is 0 Å². The van der Waals surface area contributed by atoms with E-state index < -0.39 is 11.4 Å². The van der Waals surface area contributed by atoms with Gasteiger partial charge in [0, 0.05) is 32.2 Å². The normalized spacial score (nSPS) is 14.8. The van der Waals surface area contributed by atoms with Gasteiger partial charge in [0.25, 0.3) is 5.56 Å². The molecule has 0 bridgehead atoms. The molecule has 186 valence electrons. The number of ether oxygens (including phenoxy) is 2. The predicted octanol–water partition coefficient (Wildman–Crippen LogP) is 3.98. The Hall–Kier alpha value is -3.46.